The first-order valence-electron chi connectivity index (χ1n) is 10.9. The van der Waals surface area contributed by atoms with Crippen molar-refractivity contribution in [2.75, 3.05) is 23.3 Å². The van der Waals surface area contributed by atoms with Gasteiger partial charge in [0, 0.05) is 18.7 Å². The number of hydrogen-bond donors (Lipinski definition) is 1. The molecular formula is C25H25F3N4O2. The van der Waals surface area contributed by atoms with Crippen LogP contribution in [0, 0.1) is 6.92 Å². The molecular weight excluding hydrogens is 445 g/mol. The summed E-state index contributed by atoms with van der Waals surface area (Å²) >= 11 is 0. The van der Waals surface area contributed by atoms with E-state index in [1.807, 2.05) is 18.7 Å². The zero-order chi connectivity index (χ0) is 24.5. The summed E-state index contributed by atoms with van der Waals surface area (Å²) in [5.74, 6) is 0.219. The van der Waals surface area contributed by atoms with Crippen molar-refractivity contribution in [3.05, 3.63) is 71.5 Å². The Balaban J connectivity index is 1.49. The molecule has 34 heavy (non-hydrogen) atoms. The van der Waals surface area contributed by atoms with Gasteiger partial charge in [-0.15, -0.1) is 0 Å². The van der Waals surface area contributed by atoms with E-state index < -0.39 is 11.7 Å². The summed E-state index contributed by atoms with van der Waals surface area (Å²) in [7, 11) is 0. The van der Waals surface area contributed by atoms with Crippen LogP contribution in [0.1, 0.15) is 35.3 Å². The Hall–Kier alpha value is -3.46. The first kappa shape index (κ1) is 23.7. The van der Waals surface area contributed by atoms with Gasteiger partial charge >= 0.3 is 6.18 Å². The monoisotopic (exact) mass is 470 g/mol. The number of ether oxygens (including phenoxy) is 1. The molecule has 4 rings (SSSR count). The number of nitrogens with one attached hydrogen (secondary N) is 1. The molecule has 0 bridgehead atoms. The average Bonchev–Trinajstić information content (AvgIpc) is 2.78. The number of benzene rings is 2. The van der Waals surface area contributed by atoms with Gasteiger partial charge in [0.25, 0.3) is 5.91 Å². The van der Waals surface area contributed by atoms with Crippen LogP contribution in [0.4, 0.5) is 24.8 Å². The predicted octanol–water partition coefficient (Wildman–Crippen LogP) is 5.34. The highest BCUT2D eigenvalue weighted by atomic mass is 19.4. The largest absolute Gasteiger partial charge is 0.416 e. The molecule has 2 aromatic carbocycles. The lowest BCUT2D eigenvalue weighted by Gasteiger charge is -2.35. The summed E-state index contributed by atoms with van der Waals surface area (Å²) in [5.41, 5.74) is 2.09. The molecule has 0 saturated carbocycles. The Labute approximate surface area is 195 Å². The van der Waals surface area contributed by atoms with E-state index in [0.29, 0.717) is 47.0 Å². The fraction of sp³-hybridized carbons (Fsp3) is 0.320. The molecule has 1 aromatic heterocycles. The van der Waals surface area contributed by atoms with Gasteiger partial charge in [-0.3, -0.25) is 4.79 Å². The number of aromatic nitrogens is 2. The van der Waals surface area contributed by atoms with Gasteiger partial charge in [-0.2, -0.15) is 13.2 Å². The summed E-state index contributed by atoms with van der Waals surface area (Å²) in [6.07, 6.45) is -1.14. The van der Waals surface area contributed by atoms with Gasteiger partial charge < -0.3 is 15.0 Å². The first-order chi connectivity index (χ1) is 16.1. The lowest BCUT2D eigenvalue weighted by molar-refractivity contribution is -0.137. The normalized spacial score (nSPS) is 18.6. The molecule has 1 aliphatic rings. The van der Waals surface area contributed by atoms with Gasteiger partial charge in [0.1, 0.15) is 0 Å². The van der Waals surface area contributed by atoms with Gasteiger partial charge in [-0.05, 0) is 55.7 Å². The van der Waals surface area contributed by atoms with Crippen LogP contribution in [0.15, 0.2) is 54.9 Å². The van der Waals surface area contributed by atoms with E-state index in [1.165, 1.54) is 12.1 Å². The molecule has 2 atom stereocenters. The number of carbonyl (C=O) groups excluding carboxylic acids is 1. The Kier molecular flexibility index (Phi) is 6.56. The van der Waals surface area contributed by atoms with Crippen molar-refractivity contribution in [2.24, 2.45) is 0 Å². The zero-order valence-electron chi connectivity index (χ0n) is 19.1. The highest BCUT2D eigenvalue weighted by molar-refractivity contribution is 6.06. The Morgan fingerprint density at radius 1 is 1.03 bits per heavy atom. The second-order valence-electron chi connectivity index (χ2n) is 8.44. The minimum atomic E-state index is -4.40. The quantitative estimate of drug-likeness (QED) is 0.558. The molecule has 1 fully saturated rings. The zero-order valence-corrected chi connectivity index (χ0v) is 19.1. The molecule has 9 heteroatoms. The van der Waals surface area contributed by atoms with Crippen molar-refractivity contribution in [2.45, 2.75) is 39.2 Å². The molecule has 0 unspecified atom stereocenters. The Bertz CT molecular complexity index is 1150. The van der Waals surface area contributed by atoms with E-state index in [9.17, 15) is 18.0 Å². The Morgan fingerprint density at radius 2 is 1.65 bits per heavy atom. The third-order valence-corrected chi connectivity index (χ3v) is 5.70. The van der Waals surface area contributed by atoms with Crippen molar-refractivity contribution >= 4 is 17.5 Å². The van der Waals surface area contributed by atoms with Crippen LogP contribution in [0.3, 0.4) is 0 Å². The molecule has 0 spiro atoms. The van der Waals surface area contributed by atoms with Crippen LogP contribution in [-0.2, 0) is 10.9 Å². The number of carbonyl (C=O) groups is 1. The molecule has 0 radical (unpaired) electrons. The van der Waals surface area contributed by atoms with Crippen LogP contribution in [0.5, 0.6) is 0 Å². The van der Waals surface area contributed by atoms with Crippen LogP contribution < -0.4 is 10.2 Å². The van der Waals surface area contributed by atoms with E-state index in [2.05, 4.69) is 15.3 Å². The number of amides is 1. The molecule has 1 amide bonds. The van der Waals surface area contributed by atoms with E-state index >= 15 is 0 Å². The second kappa shape index (κ2) is 9.42. The lowest BCUT2D eigenvalue weighted by atomic mass is 9.95. The SMILES string of the molecule is Cc1c(C(=O)Nc2cnc(N3C[C@@H](C)O[C@@H](C)C3)nc2)cccc1-c1ccc(C(F)(F)F)cc1. The fourth-order valence-electron chi connectivity index (χ4n) is 4.12. The maximum absolute atomic E-state index is 12.9. The Morgan fingerprint density at radius 3 is 2.24 bits per heavy atom. The summed E-state index contributed by atoms with van der Waals surface area (Å²) < 4.78 is 44.3. The van der Waals surface area contributed by atoms with E-state index in [-0.39, 0.29) is 18.1 Å². The molecule has 1 aliphatic heterocycles. The van der Waals surface area contributed by atoms with Gasteiger partial charge in [0.2, 0.25) is 5.95 Å². The summed E-state index contributed by atoms with van der Waals surface area (Å²) in [5, 5.41) is 2.80. The van der Waals surface area contributed by atoms with Crippen molar-refractivity contribution in [1.29, 1.82) is 0 Å². The van der Waals surface area contributed by atoms with E-state index in [1.54, 1.807) is 37.5 Å². The summed E-state index contributed by atoms with van der Waals surface area (Å²) in [6, 6.07) is 10.0. The smallest absolute Gasteiger partial charge is 0.372 e. The number of anilines is 2. The molecule has 6 nitrogen and oxygen atoms in total. The molecule has 178 valence electrons. The predicted molar refractivity (Wildman–Crippen MR) is 124 cm³/mol. The maximum atomic E-state index is 12.9. The molecule has 3 aromatic rings. The van der Waals surface area contributed by atoms with Crippen molar-refractivity contribution < 1.29 is 22.7 Å². The summed E-state index contributed by atoms with van der Waals surface area (Å²) in [4.78, 5) is 23.8. The number of hydrogen-bond acceptors (Lipinski definition) is 5. The van der Waals surface area contributed by atoms with Gasteiger partial charge in [0.15, 0.2) is 0 Å². The highest BCUT2D eigenvalue weighted by Gasteiger charge is 2.30. The third-order valence-electron chi connectivity index (χ3n) is 5.70. The number of morpholine rings is 1. The summed E-state index contributed by atoms with van der Waals surface area (Å²) in [6.45, 7) is 7.14. The van der Waals surface area contributed by atoms with Crippen LogP contribution >= 0.6 is 0 Å². The second-order valence-corrected chi connectivity index (χ2v) is 8.44. The maximum Gasteiger partial charge on any atom is 0.416 e. The first-order valence-corrected chi connectivity index (χ1v) is 10.9. The van der Waals surface area contributed by atoms with Crippen molar-refractivity contribution in [3.8, 4) is 11.1 Å². The van der Waals surface area contributed by atoms with Crippen LogP contribution in [-0.4, -0.2) is 41.2 Å². The topological polar surface area (TPSA) is 67.4 Å². The minimum Gasteiger partial charge on any atom is -0.372 e. The van der Waals surface area contributed by atoms with Crippen LogP contribution in [0.25, 0.3) is 11.1 Å². The number of nitrogens with zero attached hydrogens (tertiary/aromatic N) is 3. The van der Waals surface area contributed by atoms with Crippen molar-refractivity contribution in [3.63, 3.8) is 0 Å². The third kappa shape index (κ3) is 5.20. The standard InChI is InChI=1S/C25H25F3N4O2/c1-15-13-32(14-16(2)34-15)24-29-11-20(12-30-24)31-23(33)22-6-4-5-21(17(22)3)18-7-9-19(10-8-18)25(26,27)28/h4-12,15-16H,13-14H2,1-3H3,(H,31,33)/t15-,16+. The highest BCUT2D eigenvalue weighted by Crippen LogP contribution is 2.32. The average molecular weight is 470 g/mol. The molecule has 1 saturated heterocycles. The minimum absolute atomic E-state index is 0.0756. The molecule has 1 N–H and O–H groups in total. The molecule has 2 heterocycles. The van der Waals surface area contributed by atoms with E-state index in [4.69, 9.17) is 4.74 Å². The number of alkyl halides is 3. The fourth-order valence-corrected chi connectivity index (χ4v) is 4.12. The van der Waals surface area contributed by atoms with E-state index in [0.717, 1.165) is 12.1 Å². The van der Waals surface area contributed by atoms with Gasteiger partial charge in [-0.25, -0.2) is 9.97 Å². The number of rotatable bonds is 4. The molecule has 0 aliphatic carbocycles. The van der Waals surface area contributed by atoms with Gasteiger partial charge in [-0.1, -0.05) is 24.3 Å². The van der Waals surface area contributed by atoms with Crippen molar-refractivity contribution in [1.82, 2.24) is 9.97 Å². The van der Waals surface area contributed by atoms with Gasteiger partial charge in [0.05, 0.1) is 35.9 Å². The lowest BCUT2D eigenvalue weighted by Crippen LogP contribution is -2.46. The van der Waals surface area contributed by atoms with Crippen LogP contribution in [0.2, 0.25) is 0 Å². The number of halogens is 3.